The Morgan fingerprint density at radius 1 is 0.806 bits per heavy atom. The number of hydrogen-bond donors (Lipinski definition) is 1. The van der Waals surface area contributed by atoms with Crippen LogP contribution in [0.2, 0.25) is 0 Å². The van der Waals surface area contributed by atoms with Crippen LogP contribution in [0.15, 0.2) is 0 Å². The summed E-state index contributed by atoms with van der Waals surface area (Å²) in [5.41, 5.74) is 0. The first-order chi connectivity index (χ1) is 17.3. The van der Waals surface area contributed by atoms with Crippen molar-refractivity contribution in [2.24, 2.45) is 0 Å². The standard InChI is InChI=1S/C28H57O6PS/c1-6-9-11-13-15-16-17-19-21-24-36-26(22-20-18-14-12-10-7-2)25(4)34-28(27(29)32-5)35(30,31)33-23-8-3/h25-26,28H,6-24H2,1-5H3,(H,30,31). The summed E-state index contributed by atoms with van der Waals surface area (Å²) in [7, 11) is -3.09. The Morgan fingerprint density at radius 2 is 1.31 bits per heavy atom. The van der Waals surface area contributed by atoms with Crippen molar-refractivity contribution in [3.8, 4) is 0 Å². The quantitative estimate of drug-likeness (QED) is 0.0652. The summed E-state index contributed by atoms with van der Waals surface area (Å²) in [6, 6.07) is 0. The SMILES string of the molecule is CCCCCCCCCCCSC(CCCCCCCC)C(C)OC(C(=O)OC)P(=O)(O)OCCC. The van der Waals surface area contributed by atoms with Crippen LogP contribution in [0.25, 0.3) is 0 Å². The van der Waals surface area contributed by atoms with E-state index in [0.717, 1.165) is 25.0 Å². The van der Waals surface area contributed by atoms with Gasteiger partial charge in [0.05, 0.1) is 19.8 Å². The third kappa shape index (κ3) is 18.2. The van der Waals surface area contributed by atoms with Gasteiger partial charge in [-0.3, -0.25) is 4.57 Å². The first kappa shape index (κ1) is 35.9. The van der Waals surface area contributed by atoms with Crippen molar-refractivity contribution in [3.05, 3.63) is 0 Å². The third-order valence-corrected chi connectivity index (χ3v) is 9.52. The number of unbranched alkanes of at least 4 members (excludes halogenated alkanes) is 13. The molecule has 0 aromatic rings. The zero-order valence-corrected chi connectivity index (χ0v) is 25.7. The molecule has 0 saturated carbocycles. The molecule has 4 atom stereocenters. The van der Waals surface area contributed by atoms with Crippen LogP contribution in [0.3, 0.4) is 0 Å². The molecule has 4 unspecified atom stereocenters. The number of carbonyl (C=O) groups excluding carboxylic acids is 1. The Labute approximate surface area is 226 Å². The highest BCUT2D eigenvalue weighted by atomic mass is 32.2. The van der Waals surface area contributed by atoms with Crippen LogP contribution in [0.5, 0.6) is 0 Å². The maximum Gasteiger partial charge on any atom is 0.368 e. The molecule has 216 valence electrons. The minimum atomic E-state index is -4.29. The molecule has 0 aromatic heterocycles. The van der Waals surface area contributed by atoms with Gasteiger partial charge in [0, 0.05) is 5.25 Å². The molecule has 0 bridgehead atoms. The van der Waals surface area contributed by atoms with Gasteiger partial charge in [-0.2, -0.15) is 11.8 Å². The average molecular weight is 553 g/mol. The average Bonchev–Trinajstić information content (AvgIpc) is 2.87. The molecule has 0 spiro atoms. The van der Waals surface area contributed by atoms with Crippen LogP contribution in [-0.2, 0) is 23.4 Å². The van der Waals surface area contributed by atoms with Gasteiger partial charge in [0.1, 0.15) is 0 Å². The molecule has 0 aliphatic carbocycles. The van der Waals surface area contributed by atoms with Crippen LogP contribution in [0, 0.1) is 0 Å². The molecule has 0 aliphatic rings. The number of esters is 1. The second-order valence-corrected chi connectivity index (χ2v) is 13.1. The highest BCUT2D eigenvalue weighted by Crippen LogP contribution is 2.49. The molecule has 0 heterocycles. The number of rotatable bonds is 26. The summed E-state index contributed by atoms with van der Waals surface area (Å²) < 4.78 is 28.6. The molecular weight excluding hydrogens is 495 g/mol. The molecule has 0 saturated heterocycles. The van der Waals surface area contributed by atoms with E-state index in [1.807, 2.05) is 25.6 Å². The molecule has 0 amide bonds. The minimum Gasteiger partial charge on any atom is -0.467 e. The van der Waals surface area contributed by atoms with E-state index in [2.05, 4.69) is 13.8 Å². The Hall–Kier alpha value is -0.0700. The van der Waals surface area contributed by atoms with E-state index in [1.54, 1.807) is 0 Å². The number of ether oxygens (including phenoxy) is 2. The van der Waals surface area contributed by atoms with E-state index in [0.29, 0.717) is 6.42 Å². The Balaban J connectivity index is 4.81. The smallest absolute Gasteiger partial charge is 0.368 e. The number of carbonyl (C=O) groups is 1. The molecule has 36 heavy (non-hydrogen) atoms. The summed E-state index contributed by atoms with van der Waals surface area (Å²) >= 11 is 1.87. The van der Waals surface area contributed by atoms with Gasteiger partial charge in [-0.1, -0.05) is 111 Å². The largest absolute Gasteiger partial charge is 0.467 e. The lowest BCUT2D eigenvalue weighted by atomic mass is 10.1. The topological polar surface area (TPSA) is 82.1 Å². The van der Waals surface area contributed by atoms with Gasteiger partial charge in [-0.25, -0.2) is 4.79 Å². The summed E-state index contributed by atoms with van der Waals surface area (Å²) in [5.74, 6) is -1.42. The second-order valence-electron chi connectivity index (χ2n) is 9.91. The summed E-state index contributed by atoms with van der Waals surface area (Å²) in [6.45, 7) is 8.31. The van der Waals surface area contributed by atoms with Crippen molar-refractivity contribution in [1.82, 2.24) is 0 Å². The minimum absolute atomic E-state index is 0.0908. The Morgan fingerprint density at radius 3 is 1.81 bits per heavy atom. The maximum atomic E-state index is 12.7. The van der Waals surface area contributed by atoms with Crippen LogP contribution >= 0.6 is 19.4 Å². The summed E-state index contributed by atoms with van der Waals surface area (Å²) in [6.07, 6.45) is 20.2. The third-order valence-electron chi connectivity index (χ3n) is 6.47. The predicted molar refractivity (Wildman–Crippen MR) is 154 cm³/mol. The van der Waals surface area contributed by atoms with Crippen LogP contribution in [-0.4, -0.2) is 47.5 Å². The van der Waals surface area contributed by atoms with Crippen LogP contribution in [0.1, 0.15) is 137 Å². The lowest BCUT2D eigenvalue weighted by molar-refractivity contribution is -0.152. The molecule has 0 fully saturated rings. The van der Waals surface area contributed by atoms with Crippen molar-refractivity contribution in [2.45, 2.75) is 154 Å². The predicted octanol–water partition coefficient (Wildman–Crippen LogP) is 8.89. The Bertz CT molecular complexity index is 562. The van der Waals surface area contributed by atoms with Crippen molar-refractivity contribution in [2.75, 3.05) is 19.5 Å². The lowest BCUT2D eigenvalue weighted by Gasteiger charge is -2.29. The fourth-order valence-corrected chi connectivity index (χ4v) is 6.81. The summed E-state index contributed by atoms with van der Waals surface area (Å²) in [5, 5.41) is 0.156. The molecule has 6 nitrogen and oxygen atoms in total. The van der Waals surface area contributed by atoms with Crippen LogP contribution < -0.4 is 0 Å². The van der Waals surface area contributed by atoms with Crippen molar-refractivity contribution < 1.29 is 28.3 Å². The van der Waals surface area contributed by atoms with Crippen molar-refractivity contribution >= 4 is 25.3 Å². The van der Waals surface area contributed by atoms with E-state index < -0.39 is 19.4 Å². The van der Waals surface area contributed by atoms with Gasteiger partial charge < -0.3 is 18.9 Å². The first-order valence-corrected chi connectivity index (χ1v) is 17.3. The van der Waals surface area contributed by atoms with Gasteiger partial charge in [-0.15, -0.1) is 0 Å². The van der Waals surface area contributed by atoms with Crippen LogP contribution in [0.4, 0.5) is 0 Å². The second kappa shape index (κ2) is 24.0. The van der Waals surface area contributed by atoms with Gasteiger partial charge in [0.25, 0.3) is 5.85 Å². The van der Waals surface area contributed by atoms with Gasteiger partial charge in [-0.05, 0) is 31.9 Å². The maximum absolute atomic E-state index is 12.7. The number of hydrogen-bond acceptors (Lipinski definition) is 6. The fourth-order valence-electron chi connectivity index (χ4n) is 4.17. The monoisotopic (exact) mass is 552 g/mol. The molecular formula is C28H57O6PS. The normalized spacial score (nSPS) is 15.8. The highest BCUT2D eigenvalue weighted by Gasteiger charge is 2.42. The molecule has 0 aliphatic heterocycles. The first-order valence-electron chi connectivity index (χ1n) is 14.7. The van der Waals surface area contributed by atoms with Crippen molar-refractivity contribution in [3.63, 3.8) is 0 Å². The fraction of sp³-hybridized carbons (Fsp3) is 0.964. The van der Waals surface area contributed by atoms with E-state index in [-0.39, 0.29) is 18.0 Å². The zero-order valence-electron chi connectivity index (χ0n) is 24.0. The molecule has 0 rings (SSSR count). The van der Waals surface area contributed by atoms with Gasteiger partial charge >= 0.3 is 13.6 Å². The zero-order chi connectivity index (χ0) is 27.1. The van der Waals surface area contributed by atoms with Gasteiger partial charge in [0.15, 0.2) is 0 Å². The number of thioether (sulfide) groups is 1. The van der Waals surface area contributed by atoms with E-state index in [9.17, 15) is 14.3 Å². The highest BCUT2D eigenvalue weighted by molar-refractivity contribution is 7.99. The van der Waals surface area contributed by atoms with E-state index >= 15 is 0 Å². The number of methoxy groups -OCH3 is 1. The molecule has 0 radical (unpaired) electrons. The molecule has 1 N–H and O–H groups in total. The Kier molecular flexibility index (Phi) is 24.0. The van der Waals surface area contributed by atoms with E-state index in [1.165, 1.54) is 90.6 Å². The van der Waals surface area contributed by atoms with Crippen molar-refractivity contribution in [1.29, 1.82) is 0 Å². The molecule has 8 heteroatoms. The summed E-state index contributed by atoms with van der Waals surface area (Å²) in [4.78, 5) is 22.7. The lowest BCUT2D eigenvalue weighted by Crippen LogP contribution is -2.35. The molecule has 0 aromatic carbocycles. The van der Waals surface area contributed by atoms with E-state index in [4.69, 9.17) is 14.0 Å². The van der Waals surface area contributed by atoms with Gasteiger partial charge in [0.2, 0.25) is 0 Å².